The Labute approximate surface area is 112 Å². The van der Waals surface area contributed by atoms with E-state index in [1.165, 1.54) is 20.1 Å². The molecule has 1 aromatic carbocycles. The van der Waals surface area contributed by atoms with Crippen LogP contribution in [0.15, 0.2) is 17.0 Å². The van der Waals surface area contributed by atoms with Crippen LogP contribution >= 0.6 is 0 Å². The molecule has 0 radical (unpaired) electrons. The number of aryl methyl sites for hydroxylation is 1. The molecule has 0 heterocycles. The Kier molecular flexibility index (Phi) is 5.42. The van der Waals surface area contributed by atoms with Crippen molar-refractivity contribution in [2.45, 2.75) is 31.4 Å². The van der Waals surface area contributed by atoms with Crippen LogP contribution in [0, 0.1) is 12.7 Å². The van der Waals surface area contributed by atoms with Crippen molar-refractivity contribution >= 4 is 10.0 Å². The van der Waals surface area contributed by atoms with E-state index in [-0.39, 0.29) is 22.6 Å². The first-order chi connectivity index (χ1) is 8.81. The fourth-order valence-corrected chi connectivity index (χ4v) is 3.06. The molecule has 1 rings (SSSR count). The zero-order valence-electron chi connectivity index (χ0n) is 11.1. The zero-order chi connectivity index (χ0) is 14.6. The summed E-state index contributed by atoms with van der Waals surface area (Å²) >= 11 is 0. The monoisotopic (exact) mass is 291 g/mol. The number of aliphatic hydroxyl groups is 1. The first-order valence-corrected chi connectivity index (χ1v) is 7.21. The van der Waals surface area contributed by atoms with Gasteiger partial charge in [-0.25, -0.2) is 17.5 Å². The second-order valence-corrected chi connectivity index (χ2v) is 6.06. The van der Waals surface area contributed by atoms with Crippen LogP contribution in [-0.4, -0.2) is 33.3 Å². The van der Waals surface area contributed by atoms with Crippen LogP contribution in [0.25, 0.3) is 0 Å². The van der Waals surface area contributed by atoms with Crippen LogP contribution in [-0.2, 0) is 21.4 Å². The third-order valence-electron chi connectivity index (χ3n) is 2.56. The summed E-state index contributed by atoms with van der Waals surface area (Å²) in [6, 6.07) is 1.96. The van der Waals surface area contributed by atoms with Gasteiger partial charge in [-0.15, -0.1) is 0 Å². The number of rotatable bonds is 6. The van der Waals surface area contributed by atoms with Gasteiger partial charge in [0.25, 0.3) is 0 Å². The molecule has 1 atom stereocenters. The topological polar surface area (TPSA) is 75.6 Å². The summed E-state index contributed by atoms with van der Waals surface area (Å²) in [5, 5.41) is 9.02. The molecule has 5 nitrogen and oxygen atoms in total. The van der Waals surface area contributed by atoms with Crippen molar-refractivity contribution in [3.05, 3.63) is 29.1 Å². The van der Waals surface area contributed by atoms with E-state index in [0.29, 0.717) is 0 Å². The number of ether oxygens (including phenoxy) is 1. The number of nitrogens with one attached hydrogen (secondary N) is 1. The molecule has 0 saturated heterocycles. The van der Waals surface area contributed by atoms with Crippen LogP contribution in [0.2, 0.25) is 0 Å². The van der Waals surface area contributed by atoms with Gasteiger partial charge in [-0.05, 0) is 31.5 Å². The minimum atomic E-state index is -3.76. The normalized spacial score (nSPS) is 13.5. The second-order valence-electron chi connectivity index (χ2n) is 4.35. The lowest BCUT2D eigenvalue weighted by Crippen LogP contribution is -2.35. The Morgan fingerprint density at radius 1 is 1.47 bits per heavy atom. The molecule has 0 fully saturated rings. The number of sulfonamides is 1. The molecule has 7 heteroatoms. The quantitative estimate of drug-likeness (QED) is 0.818. The number of hydrogen-bond donors (Lipinski definition) is 2. The van der Waals surface area contributed by atoms with E-state index < -0.39 is 28.5 Å². The van der Waals surface area contributed by atoms with Crippen LogP contribution < -0.4 is 4.72 Å². The minimum absolute atomic E-state index is 0.0419. The van der Waals surface area contributed by atoms with Crippen molar-refractivity contribution in [1.29, 1.82) is 0 Å². The van der Waals surface area contributed by atoms with E-state index in [9.17, 15) is 12.8 Å². The number of hydrogen-bond acceptors (Lipinski definition) is 4. The molecule has 0 aliphatic heterocycles. The smallest absolute Gasteiger partial charge is 0.240 e. The van der Waals surface area contributed by atoms with Crippen molar-refractivity contribution in [3.8, 4) is 0 Å². The van der Waals surface area contributed by atoms with E-state index in [1.54, 1.807) is 6.92 Å². The molecule has 108 valence electrons. The molecule has 1 aromatic rings. The summed E-state index contributed by atoms with van der Waals surface area (Å²) in [5.41, 5.74) is 0.131. The first-order valence-electron chi connectivity index (χ1n) is 5.73. The number of methoxy groups -OCH3 is 1. The highest BCUT2D eigenvalue weighted by Gasteiger charge is 2.20. The molecule has 19 heavy (non-hydrogen) atoms. The first kappa shape index (κ1) is 16.0. The summed E-state index contributed by atoms with van der Waals surface area (Å²) in [5.74, 6) is -0.591. The SMILES string of the molecule is COCC(C)NS(=O)(=O)c1cc(C)c(F)c(CO)c1. The fourth-order valence-electron chi connectivity index (χ4n) is 1.69. The Morgan fingerprint density at radius 2 is 2.11 bits per heavy atom. The van der Waals surface area contributed by atoms with Crippen molar-refractivity contribution in [1.82, 2.24) is 4.72 Å². The number of benzene rings is 1. The summed E-state index contributed by atoms with van der Waals surface area (Å²) in [4.78, 5) is -0.0709. The maximum absolute atomic E-state index is 13.6. The highest BCUT2D eigenvalue weighted by atomic mass is 32.2. The fraction of sp³-hybridized carbons (Fsp3) is 0.500. The van der Waals surface area contributed by atoms with Gasteiger partial charge in [0.05, 0.1) is 18.1 Å². The van der Waals surface area contributed by atoms with Gasteiger partial charge >= 0.3 is 0 Å². The molecule has 0 aliphatic carbocycles. The second kappa shape index (κ2) is 6.42. The largest absolute Gasteiger partial charge is 0.392 e. The van der Waals surface area contributed by atoms with Crippen molar-refractivity contribution in [2.24, 2.45) is 0 Å². The molecule has 0 amide bonds. The molecule has 0 bridgehead atoms. The standard InChI is InChI=1S/C12H18FNO4S/c1-8-4-11(5-10(6-15)12(8)13)19(16,17)14-9(2)7-18-3/h4-5,9,14-15H,6-7H2,1-3H3. The number of halogens is 1. The van der Waals surface area contributed by atoms with Gasteiger partial charge in [-0.3, -0.25) is 0 Å². The van der Waals surface area contributed by atoms with Gasteiger partial charge in [-0.1, -0.05) is 0 Å². The van der Waals surface area contributed by atoms with Gasteiger partial charge in [0.15, 0.2) is 0 Å². The van der Waals surface area contributed by atoms with Gasteiger partial charge in [0, 0.05) is 18.7 Å². The van der Waals surface area contributed by atoms with Gasteiger partial charge in [0.1, 0.15) is 5.82 Å². The molecule has 0 aliphatic rings. The van der Waals surface area contributed by atoms with Crippen LogP contribution in [0.3, 0.4) is 0 Å². The van der Waals surface area contributed by atoms with Crippen LogP contribution in [0.5, 0.6) is 0 Å². The Balaban J connectivity index is 3.11. The average molecular weight is 291 g/mol. The summed E-state index contributed by atoms with van der Waals surface area (Å²) in [6.45, 7) is 2.78. The summed E-state index contributed by atoms with van der Waals surface area (Å²) in [7, 11) is -2.29. The van der Waals surface area contributed by atoms with Crippen LogP contribution in [0.1, 0.15) is 18.1 Å². The van der Waals surface area contributed by atoms with E-state index >= 15 is 0 Å². The minimum Gasteiger partial charge on any atom is -0.392 e. The van der Waals surface area contributed by atoms with E-state index in [1.807, 2.05) is 0 Å². The zero-order valence-corrected chi connectivity index (χ0v) is 11.9. The Hall–Kier alpha value is -1.02. The molecule has 1 unspecified atom stereocenters. The molecular weight excluding hydrogens is 273 g/mol. The Morgan fingerprint density at radius 3 is 2.63 bits per heavy atom. The average Bonchev–Trinajstić information content (AvgIpc) is 2.31. The van der Waals surface area contributed by atoms with E-state index in [0.717, 1.165) is 6.07 Å². The molecular formula is C12H18FNO4S. The van der Waals surface area contributed by atoms with Gasteiger partial charge in [-0.2, -0.15) is 0 Å². The lowest BCUT2D eigenvalue weighted by atomic mass is 10.1. The summed E-state index contributed by atoms with van der Waals surface area (Å²) in [6.07, 6.45) is 0. The van der Waals surface area contributed by atoms with Crippen molar-refractivity contribution in [2.75, 3.05) is 13.7 Å². The maximum atomic E-state index is 13.6. The molecule has 2 N–H and O–H groups in total. The lowest BCUT2D eigenvalue weighted by Gasteiger charge is -2.14. The molecule has 0 saturated carbocycles. The molecule has 0 aromatic heterocycles. The third-order valence-corrected chi connectivity index (χ3v) is 4.13. The van der Waals surface area contributed by atoms with Crippen molar-refractivity contribution in [3.63, 3.8) is 0 Å². The van der Waals surface area contributed by atoms with Crippen LogP contribution in [0.4, 0.5) is 4.39 Å². The van der Waals surface area contributed by atoms with Crippen molar-refractivity contribution < 1.29 is 22.7 Å². The lowest BCUT2D eigenvalue weighted by molar-refractivity contribution is 0.180. The van der Waals surface area contributed by atoms with E-state index in [2.05, 4.69) is 4.72 Å². The highest BCUT2D eigenvalue weighted by Crippen LogP contribution is 2.19. The van der Waals surface area contributed by atoms with E-state index in [4.69, 9.17) is 9.84 Å². The molecule has 0 spiro atoms. The predicted molar refractivity (Wildman–Crippen MR) is 68.7 cm³/mol. The number of aliphatic hydroxyl groups excluding tert-OH is 1. The highest BCUT2D eigenvalue weighted by molar-refractivity contribution is 7.89. The van der Waals surface area contributed by atoms with Gasteiger partial charge < -0.3 is 9.84 Å². The third kappa shape index (κ3) is 3.97. The predicted octanol–water partition coefficient (Wildman–Crippen LogP) is 0.940. The Bertz CT molecular complexity index is 545. The summed E-state index contributed by atoms with van der Waals surface area (Å²) < 4.78 is 45.0. The maximum Gasteiger partial charge on any atom is 0.240 e. The van der Waals surface area contributed by atoms with Gasteiger partial charge in [0.2, 0.25) is 10.0 Å².